The quantitative estimate of drug-likeness (QED) is 0.711. The van der Waals surface area contributed by atoms with Crippen LogP contribution in [-0.2, 0) is 14.8 Å². The molecule has 0 saturated carbocycles. The van der Waals surface area contributed by atoms with Crippen LogP contribution in [0.1, 0.15) is 9.67 Å². The summed E-state index contributed by atoms with van der Waals surface area (Å²) in [4.78, 5) is 11.4. The summed E-state index contributed by atoms with van der Waals surface area (Å²) in [6.07, 6.45) is 1.09. The van der Waals surface area contributed by atoms with Crippen LogP contribution in [0.15, 0.2) is 22.5 Å². The number of aromatic nitrogens is 2. The van der Waals surface area contributed by atoms with E-state index < -0.39 is 16.0 Å². The van der Waals surface area contributed by atoms with Gasteiger partial charge in [-0.05, 0) is 11.4 Å². The molecule has 0 aromatic carbocycles. The lowest BCUT2D eigenvalue weighted by atomic mass is 10.4. The van der Waals surface area contributed by atoms with Crippen LogP contribution in [-0.4, -0.2) is 31.7 Å². The molecule has 8 nitrogen and oxygen atoms in total. The molecule has 0 radical (unpaired) electrons. The highest BCUT2D eigenvalue weighted by Crippen LogP contribution is 2.26. The Balaban J connectivity index is 2.35. The van der Waals surface area contributed by atoms with Crippen molar-refractivity contribution in [3.8, 4) is 0 Å². The van der Waals surface area contributed by atoms with Crippen molar-refractivity contribution in [3.05, 3.63) is 22.5 Å². The second-order valence-electron chi connectivity index (χ2n) is 3.41. The minimum Gasteiger partial charge on any atom is -0.465 e. The number of esters is 1. The van der Waals surface area contributed by atoms with Crippen LogP contribution in [0.4, 0.5) is 11.5 Å². The average molecular weight is 302 g/mol. The maximum absolute atomic E-state index is 12.0. The first kappa shape index (κ1) is 13.4. The van der Waals surface area contributed by atoms with Crippen LogP contribution in [0.2, 0.25) is 0 Å². The maximum atomic E-state index is 12.0. The highest BCUT2D eigenvalue weighted by Gasteiger charge is 2.23. The number of hydrogen-bond donors (Lipinski definition) is 3. The molecule has 4 N–H and O–H groups in total. The third-order valence-electron chi connectivity index (χ3n) is 2.20. The number of thiophene rings is 1. The Labute approximate surface area is 112 Å². The van der Waals surface area contributed by atoms with E-state index in [1.807, 2.05) is 0 Å². The van der Waals surface area contributed by atoms with E-state index in [2.05, 4.69) is 19.7 Å². The van der Waals surface area contributed by atoms with Gasteiger partial charge in [0, 0.05) is 0 Å². The van der Waals surface area contributed by atoms with Gasteiger partial charge in [0.2, 0.25) is 0 Å². The molecule has 0 atom stereocenters. The van der Waals surface area contributed by atoms with Crippen molar-refractivity contribution >= 4 is 38.8 Å². The number of anilines is 2. The lowest BCUT2D eigenvalue weighted by molar-refractivity contribution is 0.0607. The number of hydrogen-bond acceptors (Lipinski definition) is 7. The number of ether oxygens (including phenoxy) is 1. The fraction of sp³-hybridized carbons (Fsp3) is 0.111. The fourth-order valence-corrected chi connectivity index (χ4v) is 3.27. The molecule has 0 bridgehead atoms. The summed E-state index contributed by atoms with van der Waals surface area (Å²) in [7, 11) is -2.69. The first-order valence-electron chi connectivity index (χ1n) is 4.93. The van der Waals surface area contributed by atoms with Crippen molar-refractivity contribution in [2.75, 3.05) is 17.6 Å². The molecule has 0 aliphatic heterocycles. The molecule has 2 aromatic heterocycles. The van der Waals surface area contributed by atoms with E-state index in [-0.39, 0.29) is 21.3 Å². The smallest absolute Gasteiger partial charge is 0.350 e. The molecule has 10 heteroatoms. The summed E-state index contributed by atoms with van der Waals surface area (Å²) in [5, 5.41) is 7.43. The summed E-state index contributed by atoms with van der Waals surface area (Å²) >= 11 is 1.07. The molecule has 2 aromatic rings. The largest absolute Gasteiger partial charge is 0.465 e. The number of carbonyl (C=O) groups excluding carboxylic acids is 1. The number of nitrogens with one attached hydrogen (secondary N) is 2. The second-order valence-corrected chi connectivity index (χ2v) is 5.98. The Bertz CT molecular complexity index is 703. The highest BCUT2D eigenvalue weighted by molar-refractivity contribution is 7.92. The summed E-state index contributed by atoms with van der Waals surface area (Å²) in [5.74, 6) is -0.699. The molecule has 19 heavy (non-hydrogen) atoms. The van der Waals surface area contributed by atoms with E-state index in [1.165, 1.54) is 13.2 Å². The van der Waals surface area contributed by atoms with Crippen molar-refractivity contribution in [1.29, 1.82) is 0 Å². The minimum absolute atomic E-state index is 0.0812. The zero-order chi connectivity index (χ0) is 14.0. The number of nitrogens with two attached hydrogens (primary N) is 1. The molecule has 0 spiro atoms. The predicted molar refractivity (Wildman–Crippen MR) is 69.5 cm³/mol. The van der Waals surface area contributed by atoms with Gasteiger partial charge in [-0.1, -0.05) is 0 Å². The van der Waals surface area contributed by atoms with Crippen molar-refractivity contribution in [2.45, 2.75) is 4.90 Å². The zero-order valence-electron chi connectivity index (χ0n) is 9.71. The van der Waals surface area contributed by atoms with Gasteiger partial charge in [-0.3, -0.25) is 9.82 Å². The van der Waals surface area contributed by atoms with Gasteiger partial charge >= 0.3 is 5.97 Å². The summed E-state index contributed by atoms with van der Waals surface area (Å²) in [5.41, 5.74) is 5.59. The molecule has 2 heterocycles. The number of methoxy groups -OCH3 is 1. The standard InChI is InChI=1S/C9H10N4O4S2/c1-17-9(14)7-5(2-3-18-7)13-19(15,16)6-4-11-12-8(6)10/h2-4,13H,1H3,(H3,10,11,12). The van der Waals surface area contributed by atoms with E-state index in [1.54, 1.807) is 5.38 Å². The number of sulfonamides is 1. The molecular formula is C9H10N4O4S2. The van der Waals surface area contributed by atoms with Gasteiger partial charge < -0.3 is 10.5 Å². The molecule has 0 aliphatic rings. The van der Waals surface area contributed by atoms with Crippen LogP contribution in [0.5, 0.6) is 0 Å². The number of aromatic amines is 1. The molecule has 0 fully saturated rings. The maximum Gasteiger partial charge on any atom is 0.350 e. The molecule has 102 valence electrons. The van der Waals surface area contributed by atoms with Gasteiger partial charge in [0.1, 0.15) is 15.6 Å². The lowest BCUT2D eigenvalue weighted by Crippen LogP contribution is -2.15. The molecular weight excluding hydrogens is 292 g/mol. The average Bonchev–Trinajstić information content (AvgIpc) is 2.96. The van der Waals surface area contributed by atoms with E-state index >= 15 is 0 Å². The molecule has 0 saturated heterocycles. The lowest BCUT2D eigenvalue weighted by Gasteiger charge is -2.06. The first-order chi connectivity index (χ1) is 8.95. The third-order valence-corrected chi connectivity index (χ3v) is 4.49. The Morgan fingerprint density at radius 1 is 1.58 bits per heavy atom. The number of nitrogen functional groups attached to an aromatic ring is 1. The van der Waals surface area contributed by atoms with Crippen LogP contribution in [0.25, 0.3) is 0 Å². The number of nitrogens with zero attached hydrogens (tertiary/aromatic N) is 1. The van der Waals surface area contributed by atoms with Crippen LogP contribution < -0.4 is 10.5 Å². The summed E-state index contributed by atoms with van der Waals surface area (Å²) < 4.78 is 30.9. The Morgan fingerprint density at radius 3 is 2.89 bits per heavy atom. The minimum atomic E-state index is -3.90. The fourth-order valence-electron chi connectivity index (χ4n) is 1.34. The van der Waals surface area contributed by atoms with Crippen molar-refractivity contribution in [2.24, 2.45) is 0 Å². The number of H-pyrrole nitrogens is 1. The third kappa shape index (κ3) is 2.53. The monoisotopic (exact) mass is 302 g/mol. The zero-order valence-corrected chi connectivity index (χ0v) is 11.3. The van der Waals surface area contributed by atoms with Gasteiger partial charge in [0.15, 0.2) is 0 Å². The Morgan fingerprint density at radius 2 is 2.32 bits per heavy atom. The SMILES string of the molecule is COC(=O)c1sccc1NS(=O)(=O)c1cn[nH]c1N. The predicted octanol–water partition coefficient (Wildman–Crippen LogP) is 0.641. The van der Waals surface area contributed by atoms with Gasteiger partial charge in [0.05, 0.1) is 19.0 Å². The highest BCUT2D eigenvalue weighted by atomic mass is 32.2. The van der Waals surface area contributed by atoms with Gasteiger partial charge in [0.25, 0.3) is 10.0 Å². The van der Waals surface area contributed by atoms with Gasteiger partial charge in [-0.25, -0.2) is 13.2 Å². The Kier molecular flexibility index (Phi) is 3.44. The van der Waals surface area contributed by atoms with Gasteiger partial charge in [-0.15, -0.1) is 11.3 Å². The number of carbonyl (C=O) groups is 1. The van der Waals surface area contributed by atoms with Crippen molar-refractivity contribution < 1.29 is 17.9 Å². The normalized spacial score (nSPS) is 11.2. The molecule has 0 aliphatic carbocycles. The Hall–Kier alpha value is -2.07. The molecule has 0 amide bonds. The van der Waals surface area contributed by atoms with E-state index in [0.29, 0.717) is 0 Å². The van der Waals surface area contributed by atoms with Crippen LogP contribution >= 0.6 is 11.3 Å². The second kappa shape index (κ2) is 4.90. The molecule has 0 unspecified atom stereocenters. The summed E-state index contributed by atoms with van der Waals surface area (Å²) in [6.45, 7) is 0. The topological polar surface area (TPSA) is 127 Å². The van der Waals surface area contributed by atoms with E-state index in [4.69, 9.17) is 5.73 Å². The molecule has 2 rings (SSSR count). The van der Waals surface area contributed by atoms with Crippen LogP contribution in [0.3, 0.4) is 0 Å². The van der Waals surface area contributed by atoms with Crippen molar-refractivity contribution in [1.82, 2.24) is 10.2 Å². The number of rotatable bonds is 4. The summed E-state index contributed by atoms with van der Waals surface area (Å²) in [6, 6.07) is 1.46. The van der Waals surface area contributed by atoms with Crippen molar-refractivity contribution in [3.63, 3.8) is 0 Å². The first-order valence-corrected chi connectivity index (χ1v) is 7.29. The van der Waals surface area contributed by atoms with Gasteiger partial charge in [-0.2, -0.15) is 5.10 Å². The van der Waals surface area contributed by atoms with E-state index in [9.17, 15) is 13.2 Å². The van der Waals surface area contributed by atoms with E-state index in [0.717, 1.165) is 17.5 Å². The van der Waals surface area contributed by atoms with Crippen LogP contribution in [0, 0.1) is 0 Å².